The van der Waals surface area contributed by atoms with E-state index in [-0.39, 0.29) is 6.04 Å². The molecule has 1 atom stereocenters. The molecule has 0 bridgehead atoms. The molecule has 1 N–H and O–H groups in total. The number of benzene rings is 1. The van der Waals surface area contributed by atoms with E-state index in [0.29, 0.717) is 11.8 Å². The first-order chi connectivity index (χ1) is 11.8. The number of nitrogens with zero attached hydrogens (tertiary/aromatic N) is 4. The van der Waals surface area contributed by atoms with Gasteiger partial charge in [-0.3, -0.25) is 0 Å². The van der Waals surface area contributed by atoms with Gasteiger partial charge in [0.05, 0.1) is 0 Å². The molecule has 0 aliphatic carbocycles. The molecule has 1 saturated heterocycles. The third kappa shape index (κ3) is 3.26. The summed E-state index contributed by atoms with van der Waals surface area (Å²) in [5, 5.41) is 7.37. The van der Waals surface area contributed by atoms with Crippen LogP contribution in [0, 0.1) is 0 Å². The highest BCUT2D eigenvalue weighted by atomic mass is 79.9. The van der Waals surface area contributed by atoms with Crippen LogP contribution in [0.5, 0.6) is 0 Å². The highest BCUT2D eigenvalue weighted by molar-refractivity contribution is 9.10. The summed E-state index contributed by atoms with van der Waals surface area (Å²) in [4.78, 5) is 11.1. The molecule has 1 aliphatic rings. The molecule has 4 rings (SSSR count). The molecule has 0 saturated carbocycles. The van der Waals surface area contributed by atoms with E-state index >= 15 is 0 Å². The first-order valence-electron chi connectivity index (χ1n) is 7.80. The lowest BCUT2D eigenvalue weighted by Crippen LogP contribution is -2.26. The molecular formula is C17H16BrN5O. The zero-order valence-electron chi connectivity index (χ0n) is 12.9. The van der Waals surface area contributed by atoms with Crippen molar-refractivity contribution in [2.45, 2.75) is 12.5 Å². The van der Waals surface area contributed by atoms with Crippen LogP contribution in [-0.2, 0) is 0 Å². The van der Waals surface area contributed by atoms with E-state index in [2.05, 4.69) is 41.3 Å². The summed E-state index contributed by atoms with van der Waals surface area (Å²) >= 11 is 3.42. The molecule has 24 heavy (non-hydrogen) atoms. The van der Waals surface area contributed by atoms with Crippen molar-refractivity contribution in [2.24, 2.45) is 0 Å². The van der Waals surface area contributed by atoms with Gasteiger partial charge in [-0.25, -0.2) is 4.98 Å². The third-order valence-corrected chi connectivity index (χ3v) is 4.55. The first-order valence-corrected chi connectivity index (χ1v) is 8.59. The second kappa shape index (κ2) is 6.60. The van der Waals surface area contributed by atoms with Gasteiger partial charge in [-0.15, -0.1) is 0 Å². The maximum absolute atomic E-state index is 5.33. The number of rotatable bonds is 4. The van der Waals surface area contributed by atoms with Gasteiger partial charge in [0.1, 0.15) is 5.82 Å². The second-order valence-electron chi connectivity index (χ2n) is 5.69. The Hall–Kier alpha value is -2.41. The zero-order chi connectivity index (χ0) is 16.4. The minimum atomic E-state index is 0.269. The Morgan fingerprint density at radius 2 is 2.04 bits per heavy atom. The van der Waals surface area contributed by atoms with Crippen LogP contribution in [0.4, 0.5) is 11.8 Å². The molecule has 1 fully saturated rings. The maximum Gasteiger partial charge on any atom is 0.322 e. The smallest absolute Gasteiger partial charge is 0.322 e. The Morgan fingerprint density at radius 3 is 2.83 bits per heavy atom. The van der Waals surface area contributed by atoms with Crippen LogP contribution in [0.15, 0.2) is 57.7 Å². The second-order valence-corrected chi connectivity index (χ2v) is 6.61. The minimum absolute atomic E-state index is 0.269. The Bertz CT molecular complexity index is 805. The summed E-state index contributed by atoms with van der Waals surface area (Å²) < 4.78 is 6.36. The Morgan fingerprint density at radius 1 is 1.17 bits per heavy atom. The summed E-state index contributed by atoms with van der Waals surface area (Å²) in [5.74, 6) is 1.59. The molecule has 1 aliphatic heterocycles. The average molecular weight is 386 g/mol. The zero-order valence-corrected chi connectivity index (χ0v) is 14.5. The lowest BCUT2D eigenvalue weighted by molar-refractivity contribution is 0.428. The van der Waals surface area contributed by atoms with Gasteiger partial charge in [0.2, 0.25) is 5.82 Å². The van der Waals surface area contributed by atoms with Gasteiger partial charge in [0, 0.05) is 35.4 Å². The van der Waals surface area contributed by atoms with Crippen molar-refractivity contribution < 1.29 is 4.52 Å². The average Bonchev–Trinajstić information content (AvgIpc) is 3.27. The lowest BCUT2D eigenvalue weighted by Gasteiger charge is -2.17. The molecule has 1 unspecified atom stereocenters. The third-order valence-electron chi connectivity index (χ3n) is 4.02. The van der Waals surface area contributed by atoms with Crippen LogP contribution in [0.25, 0.3) is 11.4 Å². The van der Waals surface area contributed by atoms with Crippen molar-refractivity contribution in [3.63, 3.8) is 0 Å². The normalized spacial score (nSPS) is 17.2. The summed E-state index contributed by atoms with van der Waals surface area (Å²) in [6.45, 7) is 1.83. The highest BCUT2D eigenvalue weighted by Gasteiger charge is 2.24. The quantitative estimate of drug-likeness (QED) is 0.739. The van der Waals surface area contributed by atoms with Crippen LogP contribution in [0.2, 0.25) is 0 Å². The van der Waals surface area contributed by atoms with Gasteiger partial charge in [-0.2, -0.15) is 4.98 Å². The number of pyridine rings is 1. The lowest BCUT2D eigenvalue weighted by atomic mass is 10.2. The van der Waals surface area contributed by atoms with Crippen molar-refractivity contribution in [3.05, 3.63) is 53.1 Å². The van der Waals surface area contributed by atoms with Crippen molar-refractivity contribution in [3.8, 4) is 11.4 Å². The molecule has 0 amide bonds. The summed E-state index contributed by atoms with van der Waals surface area (Å²) in [6, 6.07) is 14.5. The molecule has 3 heterocycles. The van der Waals surface area contributed by atoms with E-state index in [0.717, 1.165) is 35.4 Å². The standard InChI is InChI=1S/C17H16BrN5O/c18-13-6-4-12(5-7-13)16-21-17(24-22-16)20-14-8-10-23(11-14)15-3-1-2-9-19-15/h1-7,9,14H,8,10-11H2,(H,20,21,22). The predicted molar refractivity (Wildman–Crippen MR) is 95.9 cm³/mol. The monoisotopic (exact) mass is 385 g/mol. The summed E-state index contributed by atoms with van der Waals surface area (Å²) in [5.41, 5.74) is 0.927. The van der Waals surface area contributed by atoms with Crippen LogP contribution >= 0.6 is 15.9 Å². The van der Waals surface area contributed by atoms with E-state index in [4.69, 9.17) is 4.52 Å². The summed E-state index contributed by atoms with van der Waals surface area (Å²) in [6.07, 6.45) is 2.82. The van der Waals surface area contributed by atoms with Gasteiger partial charge in [0.25, 0.3) is 0 Å². The Balaban J connectivity index is 1.41. The molecule has 6 nitrogen and oxygen atoms in total. The fraction of sp³-hybridized carbons (Fsp3) is 0.235. The maximum atomic E-state index is 5.33. The van der Waals surface area contributed by atoms with Gasteiger partial charge >= 0.3 is 6.01 Å². The molecule has 1 aromatic carbocycles. The van der Waals surface area contributed by atoms with Crippen LogP contribution in [0.3, 0.4) is 0 Å². The van der Waals surface area contributed by atoms with Crippen LogP contribution in [-0.4, -0.2) is 34.3 Å². The molecule has 0 radical (unpaired) electrons. The molecule has 122 valence electrons. The van der Waals surface area contributed by atoms with E-state index in [1.54, 1.807) is 0 Å². The van der Waals surface area contributed by atoms with E-state index in [1.165, 1.54) is 0 Å². The molecular weight excluding hydrogens is 370 g/mol. The van der Waals surface area contributed by atoms with Crippen molar-refractivity contribution in [1.82, 2.24) is 15.1 Å². The first kappa shape index (κ1) is 15.1. The Kier molecular flexibility index (Phi) is 4.17. The van der Waals surface area contributed by atoms with E-state index < -0.39 is 0 Å². The number of anilines is 2. The van der Waals surface area contributed by atoms with E-state index in [9.17, 15) is 0 Å². The minimum Gasteiger partial charge on any atom is -0.354 e. The van der Waals surface area contributed by atoms with Gasteiger partial charge in [-0.1, -0.05) is 27.2 Å². The number of hydrogen-bond donors (Lipinski definition) is 1. The number of nitrogens with one attached hydrogen (secondary N) is 1. The molecule has 3 aromatic rings. The number of hydrogen-bond acceptors (Lipinski definition) is 6. The molecule has 0 spiro atoms. The van der Waals surface area contributed by atoms with Crippen molar-refractivity contribution >= 4 is 27.8 Å². The summed E-state index contributed by atoms with van der Waals surface area (Å²) in [7, 11) is 0. The fourth-order valence-electron chi connectivity index (χ4n) is 2.80. The van der Waals surface area contributed by atoms with Gasteiger partial charge < -0.3 is 14.7 Å². The highest BCUT2D eigenvalue weighted by Crippen LogP contribution is 2.23. The van der Waals surface area contributed by atoms with Crippen molar-refractivity contribution in [1.29, 1.82) is 0 Å². The van der Waals surface area contributed by atoms with Crippen LogP contribution in [0.1, 0.15) is 6.42 Å². The topological polar surface area (TPSA) is 67.1 Å². The fourth-order valence-corrected chi connectivity index (χ4v) is 3.06. The van der Waals surface area contributed by atoms with Crippen LogP contribution < -0.4 is 10.2 Å². The SMILES string of the molecule is Brc1ccc(-c2noc(NC3CCN(c4ccccn4)C3)n2)cc1. The predicted octanol–water partition coefficient (Wildman–Crippen LogP) is 3.58. The molecule has 7 heteroatoms. The number of aromatic nitrogens is 3. The Labute approximate surface area is 148 Å². The van der Waals surface area contributed by atoms with E-state index in [1.807, 2.05) is 48.7 Å². The largest absolute Gasteiger partial charge is 0.354 e. The molecule has 2 aromatic heterocycles. The van der Waals surface area contributed by atoms with Gasteiger partial charge in [0.15, 0.2) is 0 Å². The number of halogens is 1. The van der Waals surface area contributed by atoms with Gasteiger partial charge in [-0.05, 0) is 42.8 Å². The van der Waals surface area contributed by atoms with Crippen molar-refractivity contribution in [2.75, 3.05) is 23.3 Å².